The van der Waals surface area contributed by atoms with Crippen LogP contribution in [0.5, 0.6) is 5.88 Å². The molecule has 1 aliphatic rings. The SMILES string of the molecule is CC(C(N)=O)c1nnc(OCC2CC2)cc1Br. The minimum Gasteiger partial charge on any atom is -0.476 e. The summed E-state index contributed by atoms with van der Waals surface area (Å²) in [5, 5.41) is 7.91. The Hall–Kier alpha value is -1.17. The zero-order valence-electron chi connectivity index (χ0n) is 9.52. The van der Waals surface area contributed by atoms with Gasteiger partial charge in [0.05, 0.1) is 18.2 Å². The van der Waals surface area contributed by atoms with Crippen LogP contribution in [0.1, 0.15) is 31.4 Å². The van der Waals surface area contributed by atoms with E-state index in [0.29, 0.717) is 28.6 Å². The van der Waals surface area contributed by atoms with Gasteiger partial charge in [-0.25, -0.2) is 0 Å². The summed E-state index contributed by atoms with van der Waals surface area (Å²) in [7, 11) is 0. The molecule has 2 N–H and O–H groups in total. The van der Waals surface area contributed by atoms with E-state index in [0.717, 1.165) is 0 Å². The number of hydrogen-bond donors (Lipinski definition) is 1. The Bertz CT molecular complexity index is 435. The van der Waals surface area contributed by atoms with Gasteiger partial charge in [-0.2, -0.15) is 0 Å². The van der Waals surface area contributed by atoms with Crippen LogP contribution in [-0.2, 0) is 4.79 Å². The number of primary amides is 1. The van der Waals surface area contributed by atoms with E-state index in [-0.39, 0.29) is 0 Å². The third-order valence-corrected chi connectivity index (χ3v) is 3.39. The molecule has 1 saturated carbocycles. The van der Waals surface area contributed by atoms with E-state index < -0.39 is 11.8 Å². The molecule has 1 fully saturated rings. The second-order valence-corrected chi connectivity index (χ2v) is 5.15. The second kappa shape index (κ2) is 5.00. The molecule has 0 bridgehead atoms. The first-order chi connectivity index (χ1) is 8.08. The van der Waals surface area contributed by atoms with Gasteiger partial charge in [-0.3, -0.25) is 4.79 Å². The van der Waals surface area contributed by atoms with Crippen LogP contribution < -0.4 is 10.5 Å². The maximum atomic E-state index is 11.1. The van der Waals surface area contributed by atoms with E-state index in [4.69, 9.17) is 10.5 Å². The molecule has 5 nitrogen and oxygen atoms in total. The summed E-state index contributed by atoms with van der Waals surface area (Å²) in [5.74, 6) is 0.255. The van der Waals surface area contributed by atoms with Crippen molar-refractivity contribution < 1.29 is 9.53 Å². The lowest BCUT2D eigenvalue weighted by atomic mass is 10.1. The summed E-state index contributed by atoms with van der Waals surface area (Å²) >= 11 is 3.35. The first-order valence-corrected chi connectivity index (χ1v) is 6.32. The summed E-state index contributed by atoms with van der Waals surface area (Å²) in [4.78, 5) is 11.1. The number of amides is 1. The number of nitrogens with zero attached hydrogens (tertiary/aromatic N) is 2. The third-order valence-electron chi connectivity index (χ3n) is 2.75. The van der Waals surface area contributed by atoms with Crippen molar-refractivity contribution >= 4 is 21.8 Å². The quantitative estimate of drug-likeness (QED) is 0.896. The molecule has 0 aromatic carbocycles. The molecule has 1 heterocycles. The fraction of sp³-hybridized carbons (Fsp3) is 0.545. The number of hydrogen-bond acceptors (Lipinski definition) is 4. The molecule has 17 heavy (non-hydrogen) atoms. The highest BCUT2D eigenvalue weighted by Crippen LogP contribution is 2.30. The van der Waals surface area contributed by atoms with Gasteiger partial charge in [0.15, 0.2) is 0 Å². The van der Waals surface area contributed by atoms with Crippen LogP contribution in [-0.4, -0.2) is 22.7 Å². The summed E-state index contributed by atoms with van der Waals surface area (Å²) < 4.78 is 6.18. The normalized spacial score (nSPS) is 16.6. The third kappa shape index (κ3) is 3.15. The van der Waals surface area contributed by atoms with Gasteiger partial charge in [-0.05, 0) is 41.6 Å². The van der Waals surface area contributed by atoms with Gasteiger partial charge in [0.1, 0.15) is 0 Å². The van der Waals surface area contributed by atoms with Crippen molar-refractivity contribution in [3.63, 3.8) is 0 Å². The minimum absolute atomic E-state index is 0.424. The molecule has 0 spiro atoms. The van der Waals surface area contributed by atoms with E-state index in [1.165, 1.54) is 12.8 Å². The van der Waals surface area contributed by atoms with Crippen molar-refractivity contribution in [1.29, 1.82) is 0 Å². The van der Waals surface area contributed by atoms with Crippen molar-refractivity contribution in [3.8, 4) is 5.88 Å². The number of carbonyl (C=O) groups excluding carboxylic acids is 1. The first-order valence-electron chi connectivity index (χ1n) is 5.53. The first kappa shape index (κ1) is 12.3. The van der Waals surface area contributed by atoms with Crippen molar-refractivity contribution in [2.75, 3.05) is 6.61 Å². The van der Waals surface area contributed by atoms with Crippen LogP contribution in [0.2, 0.25) is 0 Å². The van der Waals surface area contributed by atoms with Crippen molar-refractivity contribution in [1.82, 2.24) is 10.2 Å². The van der Waals surface area contributed by atoms with Gasteiger partial charge < -0.3 is 10.5 Å². The van der Waals surface area contributed by atoms with E-state index in [1.807, 2.05) is 0 Å². The van der Waals surface area contributed by atoms with Gasteiger partial charge in [-0.1, -0.05) is 0 Å². The topological polar surface area (TPSA) is 78.1 Å². The Kier molecular flexibility index (Phi) is 3.61. The number of ether oxygens (including phenoxy) is 1. The highest BCUT2D eigenvalue weighted by molar-refractivity contribution is 9.10. The maximum Gasteiger partial charge on any atom is 0.234 e. The summed E-state index contributed by atoms with van der Waals surface area (Å²) in [6, 6.07) is 1.73. The summed E-state index contributed by atoms with van der Waals surface area (Å²) in [5.41, 5.74) is 5.76. The molecule has 2 rings (SSSR count). The fourth-order valence-corrected chi connectivity index (χ4v) is 1.97. The summed E-state index contributed by atoms with van der Waals surface area (Å²) in [6.07, 6.45) is 2.46. The molecular weight excluding hydrogens is 286 g/mol. The van der Waals surface area contributed by atoms with Crippen LogP contribution in [0.4, 0.5) is 0 Å². The van der Waals surface area contributed by atoms with E-state index in [1.54, 1.807) is 13.0 Å². The number of halogens is 1. The average molecular weight is 300 g/mol. The molecule has 1 aromatic heterocycles. The maximum absolute atomic E-state index is 11.1. The minimum atomic E-state index is -0.464. The Labute approximate surface area is 108 Å². The van der Waals surface area contributed by atoms with Crippen LogP contribution in [0, 0.1) is 5.92 Å². The molecule has 0 aliphatic heterocycles. The number of nitrogens with two attached hydrogens (primary N) is 1. The van der Waals surface area contributed by atoms with Gasteiger partial charge in [0, 0.05) is 10.5 Å². The van der Waals surface area contributed by atoms with Crippen molar-refractivity contribution in [2.24, 2.45) is 11.7 Å². The Balaban J connectivity index is 2.07. The largest absolute Gasteiger partial charge is 0.476 e. The van der Waals surface area contributed by atoms with Gasteiger partial charge in [-0.15, -0.1) is 10.2 Å². The lowest BCUT2D eigenvalue weighted by Gasteiger charge is -2.09. The molecule has 1 aromatic rings. The van der Waals surface area contributed by atoms with E-state index >= 15 is 0 Å². The van der Waals surface area contributed by atoms with Crippen LogP contribution in [0.3, 0.4) is 0 Å². The molecule has 0 radical (unpaired) electrons. The number of rotatable bonds is 5. The number of carbonyl (C=O) groups is 1. The smallest absolute Gasteiger partial charge is 0.234 e. The van der Waals surface area contributed by atoms with Crippen molar-refractivity contribution in [2.45, 2.75) is 25.7 Å². The van der Waals surface area contributed by atoms with Crippen molar-refractivity contribution in [3.05, 3.63) is 16.2 Å². The van der Waals surface area contributed by atoms with Crippen LogP contribution >= 0.6 is 15.9 Å². The summed E-state index contributed by atoms with van der Waals surface area (Å²) in [6.45, 7) is 2.38. The lowest BCUT2D eigenvalue weighted by Crippen LogP contribution is -2.20. The zero-order chi connectivity index (χ0) is 12.4. The molecule has 0 saturated heterocycles. The molecule has 1 aliphatic carbocycles. The predicted molar refractivity (Wildman–Crippen MR) is 65.6 cm³/mol. The number of aromatic nitrogens is 2. The zero-order valence-corrected chi connectivity index (χ0v) is 11.1. The predicted octanol–water partition coefficient (Wildman–Crippen LogP) is 1.62. The second-order valence-electron chi connectivity index (χ2n) is 4.29. The molecule has 6 heteroatoms. The standard InChI is InChI=1S/C11H14BrN3O2/c1-6(11(13)16)10-8(12)4-9(14-15-10)17-5-7-2-3-7/h4,6-7H,2-3,5H2,1H3,(H2,13,16). The van der Waals surface area contributed by atoms with Gasteiger partial charge in [0.2, 0.25) is 11.8 Å². The highest BCUT2D eigenvalue weighted by Gasteiger charge is 2.23. The molecular formula is C11H14BrN3O2. The van der Waals surface area contributed by atoms with Crippen LogP contribution in [0.25, 0.3) is 0 Å². The average Bonchev–Trinajstić information content (AvgIpc) is 3.09. The molecule has 1 unspecified atom stereocenters. The van der Waals surface area contributed by atoms with E-state index in [9.17, 15) is 4.79 Å². The lowest BCUT2D eigenvalue weighted by molar-refractivity contribution is -0.119. The van der Waals surface area contributed by atoms with Crippen LogP contribution in [0.15, 0.2) is 10.5 Å². The Morgan fingerprint density at radius 3 is 2.88 bits per heavy atom. The molecule has 1 amide bonds. The highest BCUT2D eigenvalue weighted by atomic mass is 79.9. The molecule has 1 atom stereocenters. The van der Waals surface area contributed by atoms with E-state index in [2.05, 4.69) is 26.1 Å². The monoisotopic (exact) mass is 299 g/mol. The van der Waals surface area contributed by atoms with Gasteiger partial charge >= 0.3 is 0 Å². The van der Waals surface area contributed by atoms with Gasteiger partial charge in [0.25, 0.3) is 0 Å². The Morgan fingerprint density at radius 2 is 2.35 bits per heavy atom. The fourth-order valence-electron chi connectivity index (χ4n) is 1.35. The molecule has 92 valence electrons. The Morgan fingerprint density at radius 1 is 1.65 bits per heavy atom.